The maximum atomic E-state index is 13.0. The zero-order valence-corrected chi connectivity index (χ0v) is 14.5. The molecule has 0 bridgehead atoms. The SMILES string of the molecule is Cc1nnc(NC(=O)c2c(C)nn(Cc3ccc(F)cc3)c2Cl)s1. The zero-order chi connectivity index (χ0) is 17.3. The van der Waals surface area contributed by atoms with Crippen molar-refractivity contribution in [1.29, 1.82) is 0 Å². The van der Waals surface area contributed by atoms with Gasteiger partial charge >= 0.3 is 0 Å². The minimum absolute atomic E-state index is 0.218. The van der Waals surface area contributed by atoms with Gasteiger partial charge in [-0.3, -0.25) is 10.1 Å². The Bertz CT molecular complexity index is 890. The average Bonchev–Trinajstić information content (AvgIpc) is 3.05. The smallest absolute Gasteiger partial charge is 0.262 e. The van der Waals surface area contributed by atoms with E-state index in [1.165, 1.54) is 28.2 Å². The van der Waals surface area contributed by atoms with Gasteiger partial charge in [-0.05, 0) is 31.5 Å². The predicted octanol–water partition coefficient (Wildman–Crippen LogP) is 3.44. The molecule has 124 valence electrons. The first-order chi connectivity index (χ1) is 11.4. The van der Waals surface area contributed by atoms with Gasteiger partial charge in [0.25, 0.3) is 5.91 Å². The van der Waals surface area contributed by atoms with Crippen LogP contribution in [0.2, 0.25) is 5.15 Å². The molecule has 2 heterocycles. The van der Waals surface area contributed by atoms with Crippen molar-refractivity contribution < 1.29 is 9.18 Å². The second kappa shape index (κ2) is 6.66. The molecule has 3 rings (SSSR count). The molecular weight excluding hydrogens is 353 g/mol. The monoisotopic (exact) mass is 365 g/mol. The summed E-state index contributed by atoms with van der Waals surface area (Å²) >= 11 is 7.58. The molecule has 3 aromatic rings. The molecule has 0 saturated carbocycles. The number of hydrogen-bond donors (Lipinski definition) is 1. The number of nitrogens with one attached hydrogen (secondary N) is 1. The van der Waals surface area contributed by atoms with Crippen LogP contribution in [0.5, 0.6) is 0 Å². The number of benzene rings is 1. The van der Waals surface area contributed by atoms with E-state index >= 15 is 0 Å². The van der Waals surface area contributed by atoms with Crippen molar-refractivity contribution in [3.63, 3.8) is 0 Å². The molecule has 0 aliphatic heterocycles. The third kappa shape index (κ3) is 3.44. The molecule has 0 unspecified atom stereocenters. The number of hydrogen-bond acceptors (Lipinski definition) is 5. The van der Waals surface area contributed by atoms with Crippen molar-refractivity contribution in [3.8, 4) is 0 Å². The largest absolute Gasteiger partial charge is 0.296 e. The van der Waals surface area contributed by atoms with Crippen LogP contribution in [0, 0.1) is 19.7 Å². The number of carbonyl (C=O) groups is 1. The van der Waals surface area contributed by atoms with Gasteiger partial charge in [-0.15, -0.1) is 10.2 Å². The van der Waals surface area contributed by atoms with Crippen LogP contribution in [0.15, 0.2) is 24.3 Å². The summed E-state index contributed by atoms with van der Waals surface area (Å²) < 4.78 is 14.5. The highest BCUT2D eigenvalue weighted by atomic mass is 35.5. The van der Waals surface area contributed by atoms with Gasteiger partial charge in [0.2, 0.25) is 5.13 Å². The van der Waals surface area contributed by atoms with Crippen LogP contribution in [0.1, 0.15) is 26.6 Å². The average molecular weight is 366 g/mol. The highest BCUT2D eigenvalue weighted by Gasteiger charge is 2.21. The number of anilines is 1. The van der Waals surface area contributed by atoms with Crippen LogP contribution in [-0.2, 0) is 6.54 Å². The lowest BCUT2D eigenvalue weighted by Gasteiger charge is -2.04. The summed E-state index contributed by atoms with van der Waals surface area (Å²) in [6, 6.07) is 6.02. The molecule has 1 aromatic carbocycles. The molecule has 2 aromatic heterocycles. The quantitative estimate of drug-likeness (QED) is 0.768. The van der Waals surface area contributed by atoms with E-state index in [1.807, 2.05) is 0 Å². The fourth-order valence-electron chi connectivity index (χ4n) is 2.19. The summed E-state index contributed by atoms with van der Waals surface area (Å²) in [5, 5.41) is 16.0. The van der Waals surface area contributed by atoms with E-state index < -0.39 is 0 Å². The van der Waals surface area contributed by atoms with E-state index in [4.69, 9.17) is 11.6 Å². The van der Waals surface area contributed by atoms with Crippen LogP contribution < -0.4 is 5.32 Å². The van der Waals surface area contributed by atoms with Crippen molar-refractivity contribution in [2.75, 3.05) is 5.32 Å². The summed E-state index contributed by atoms with van der Waals surface area (Å²) in [6.45, 7) is 3.84. The highest BCUT2D eigenvalue weighted by Crippen LogP contribution is 2.23. The van der Waals surface area contributed by atoms with Crippen LogP contribution >= 0.6 is 22.9 Å². The summed E-state index contributed by atoms with van der Waals surface area (Å²) in [5.74, 6) is -0.701. The second-order valence-corrected chi connectivity index (χ2v) is 6.66. The molecular formula is C15H13ClFN5OS. The predicted molar refractivity (Wildman–Crippen MR) is 90.1 cm³/mol. The van der Waals surface area contributed by atoms with E-state index in [0.29, 0.717) is 17.4 Å². The van der Waals surface area contributed by atoms with E-state index in [9.17, 15) is 9.18 Å². The maximum absolute atomic E-state index is 13.0. The molecule has 0 spiro atoms. The molecule has 1 amide bonds. The van der Waals surface area contributed by atoms with Crippen LogP contribution in [0.25, 0.3) is 0 Å². The van der Waals surface area contributed by atoms with E-state index in [1.54, 1.807) is 26.0 Å². The van der Waals surface area contributed by atoms with Crippen molar-refractivity contribution in [2.24, 2.45) is 0 Å². The Morgan fingerprint density at radius 2 is 2.00 bits per heavy atom. The summed E-state index contributed by atoms with van der Waals surface area (Å²) in [4.78, 5) is 12.4. The van der Waals surface area contributed by atoms with Gasteiger partial charge in [0.05, 0.1) is 17.8 Å². The first kappa shape index (κ1) is 16.5. The normalized spacial score (nSPS) is 10.8. The van der Waals surface area contributed by atoms with E-state index in [2.05, 4.69) is 20.6 Å². The third-order valence-electron chi connectivity index (χ3n) is 3.28. The van der Waals surface area contributed by atoms with Crippen LogP contribution in [-0.4, -0.2) is 25.9 Å². The topological polar surface area (TPSA) is 72.7 Å². The van der Waals surface area contributed by atoms with Gasteiger partial charge in [0.1, 0.15) is 16.0 Å². The fraction of sp³-hybridized carbons (Fsp3) is 0.200. The molecule has 0 radical (unpaired) electrons. The number of halogens is 2. The zero-order valence-electron chi connectivity index (χ0n) is 12.9. The molecule has 24 heavy (non-hydrogen) atoms. The third-order valence-corrected chi connectivity index (χ3v) is 4.42. The van der Waals surface area contributed by atoms with Crippen molar-refractivity contribution in [2.45, 2.75) is 20.4 Å². The molecule has 9 heteroatoms. The summed E-state index contributed by atoms with van der Waals surface area (Å²) in [7, 11) is 0. The number of amides is 1. The number of aryl methyl sites for hydroxylation is 2. The fourth-order valence-corrected chi connectivity index (χ4v) is 3.09. The molecule has 0 saturated heterocycles. The van der Waals surface area contributed by atoms with Gasteiger partial charge in [-0.1, -0.05) is 35.1 Å². The Labute approximate surface area is 146 Å². The first-order valence-corrected chi connectivity index (χ1v) is 8.22. The first-order valence-electron chi connectivity index (χ1n) is 7.03. The van der Waals surface area contributed by atoms with Gasteiger partial charge in [-0.25, -0.2) is 9.07 Å². The number of carbonyl (C=O) groups excluding carboxylic acids is 1. The van der Waals surface area contributed by atoms with Gasteiger partial charge in [-0.2, -0.15) is 5.10 Å². The molecule has 1 N–H and O–H groups in total. The van der Waals surface area contributed by atoms with Gasteiger partial charge in [0, 0.05) is 0 Å². The Balaban J connectivity index is 1.83. The van der Waals surface area contributed by atoms with Crippen molar-refractivity contribution in [3.05, 3.63) is 57.1 Å². The Morgan fingerprint density at radius 3 is 2.62 bits per heavy atom. The lowest BCUT2D eigenvalue weighted by molar-refractivity contribution is 0.102. The Morgan fingerprint density at radius 1 is 1.29 bits per heavy atom. The molecule has 0 fully saturated rings. The Kier molecular flexibility index (Phi) is 4.59. The molecule has 0 atom stereocenters. The van der Waals surface area contributed by atoms with Crippen molar-refractivity contribution in [1.82, 2.24) is 20.0 Å². The highest BCUT2D eigenvalue weighted by molar-refractivity contribution is 7.15. The maximum Gasteiger partial charge on any atom is 0.262 e. The second-order valence-electron chi connectivity index (χ2n) is 5.12. The number of rotatable bonds is 4. The van der Waals surface area contributed by atoms with Crippen LogP contribution in [0.4, 0.5) is 9.52 Å². The molecule has 0 aliphatic rings. The molecule has 0 aliphatic carbocycles. The van der Waals surface area contributed by atoms with Gasteiger partial charge in [0.15, 0.2) is 0 Å². The van der Waals surface area contributed by atoms with E-state index in [0.717, 1.165) is 10.6 Å². The molecule has 6 nitrogen and oxygen atoms in total. The van der Waals surface area contributed by atoms with Gasteiger partial charge < -0.3 is 0 Å². The lowest BCUT2D eigenvalue weighted by Crippen LogP contribution is -2.13. The van der Waals surface area contributed by atoms with E-state index in [-0.39, 0.29) is 22.4 Å². The minimum Gasteiger partial charge on any atom is -0.296 e. The summed E-state index contributed by atoms with van der Waals surface area (Å²) in [5.41, 5.74) is 1.61. The van der Waals surface area contributed by atoms with Crippen molar-refractivity contribution >= 4 is 34.0 Å². The lowest BCUT2D eigenvalue weighted by atomic mass is 10.2. The number of aromatic nitrogens is 4. The summed E-state index contributed by atoms with van der Waals surface area (Å²) in [6.07, 6.45) is 0. The number of nitrogens with zero attached hydrogens (tertiary/aromatic N) is 4. The Hall–Kier alpha value is -2.32. The van der Waals surface area contributed by atoms with Crippen LogP contribution in [0.3, 0.4) is 0 Å². The minimum atomic E-state index is -0.390. The standard InChI is InChI=1S/C15H13ClFN5OS/c1-8-12(14(23)18-15-20-19-9(2)24-15)13(16)22(21-8)7-10-3-5-11(17)6-4-10/h3-6H,7H2,1-2H3,(H,18,20,23).